The van der Waals surface area contributed by atoms with Crippen molar-refractivity contribution in [1.82, 2.24) is 5.32 Å². The summed E-state index contributed by atoms with van der Waals surface area (Å²) in [5.74, 6) is -8.10. The van der Waals surface area contributed by atoms with Crippen LogP contribution in [0, 0.1) is 28.1 Å². The second-order valence-electron chi connectivity index (χ2n) is 20.2. The number of thiocarbonyl (C=S) groups is 1. The van der Waals surface area contributed by atoms with Gasteiger partial charge < -0.3 is 44.0 Å². The molecule has 3 aliphatic carbocycles. The summed E-state index contributed by atoms with van der Waals surface area (Å²) in [6.45, 7) is 9.44. The van der Waals surface area contributed by atoms with Crippen LogP contribution in [0.4, 0.5) is 0 Å². The Bertz CT molecular complexity index is 2810. The summed E-state index contributed by atoms with van der Waals surface area (Å²) in [5, 5.41) is 39.2. The Morgan fingerprint density at radius 2 is 1.52 bits per heavy atom. The molecule has 0 radical (unpaired) electrons. The van der Waals surface area contributed by atoms with E-state index in [4.69, 9.17) is 40.6 Å². The lowest BCUT2D eigenvalue weighted by molar-refractivity contribution is -0.346. The Hall–Kier alpha value is -5.95. The van der Waals surface area contributed by atoms with E-state index in [-0.39, 0.29) is 41.7 Å². The van der Waals surface area contributed by atoms with Gasteiger partial charge in [-0.25, -0.2) is 9.59 Å². The predicted molar refractivity (Wildman–Crippen MR) is 279 cm³/mol. The van der Waals surface area contributed by atoms with Crippen molar-refractivity contribution >= 4 is 80.8 Å². The van der Waals surface area contributed by atoms with Crippen molar-refractivity contribution in [3.63, 3.8) is 0 Å². The number of benzene rings is 3. The zero-order valence-electron chi connectivity index (χ0n) is 42.7. The summed E-state index contributed by atoms with van der Waals surface area (Å²) in [5.41, 5.74) is -7.61. The largest absolute Gasteiger partial charge is 0.455 e. The number of hydrogen-bond donors (Lipinski definition) is 3. The highest BCUT2D eigenvalue weighted by Crippen LogP contribution is 2.64. The third-order valence-electron chi connectivity index (χ3n) is 15.2. The van der Waals surface area contributed by atoms with Gasteiger partial charge in [-0.1, -0.05) is 105 Å². The molecule has 17 nitrogen and oxygen atoms in total. The quantitative estimate of drug-likeness (QED) is 0.0617. The summed E-state index contributed by atoms with van der Waals surface area (Å²) in [4.78, 5) is 100. The van der Waals surface area contributed by atoms with Gasteiger partial charge in [0.1, 0.15) is 38.2 Å². The Balaban J connectivity index is 1.40. The second kappa shape index (κ2) is 22.3. The molecular formula is C55H60N2O15S3. The molecule has 398 valence electrons. The number of fused-ring (bicyclic) bond motifs is 5. The fourth-order valence-electron chi connectivity index (χ4n) is 11.2. The average Bonchev–Trinajstić information content (AvgIpc) is 3.38. The van der Waals surface area contributed by atoms with E-state index in [2.05, 4.69) is 11.4 Å². The molecule has 0 spiro atoms. The van der Waals surface area contributed by atoms with E-state index < -0.39 is 130 Å². The summed E-state index contributed by atoms with van der Waals surface area (Å²) in [6.07, 6.45) is -9.67. The van der Waals surface area contributed by atoms with Crippen LogP contribution in [0.15, 0.2) is 102 Å². The van der Waals surface area contributed by atoms with Crippen LogP contribution in [0.1, 0.15) is 106 Å². The normalized spacial score (nSPS) is 29.0. The van der Waals surface area contributed by atoms with Crippen LogP contribution < -0.4 is 5.32 Å². The lowest BCUT2D eigenvalue weighted by Gasteiger charge is -2.67. The smallest absolute Gasteiger partial charge is 0.350 e. The molecule has 1 heterocycles. The van der Waals surface area contributed by atoms with Gasteiger partial charge in [0.05, 0.1) is 35.7 Å². The number of Topliss-reactive ketones (excluding diaryl/α,β-unsaturated/α-hetero) is 1. The standard InChI is InChI=1S/C55H60N2O15S3/c1-30-36(69-49(65)43(70-39(61)24-25-52(6,28-56)75-50(73)74-8)41(33-18-12-9-13-19-33)57-47(63)34-20-14-10-15-21-34)27-55(66)46(71-48(64)35-22-16-11-17-23-35)44-53(7,37(60)26-38-54(44,29-67-38)72-32(3)59)45(62)42(68-31(2)58)40(30)51(55,4)5/h9-23,36-38,41-44,46,60,66H,24-27,29H2,1-8H3,(H,57,63)/t36-,37-,38+,41-,42+,43+,44-,46-,52?,53+,54-,55+/m0/s1. The number of ketones is 1. The second-order valence-corrected chi connectivity index (χ2v) is 23.7. The van der Waals surface area contributed by atoms with Crippen molar-refractivity contribution in [1.29, 1.82) is 5.26 Å². The highest BCUT2D eigenvalue weighted by Gasteiger charge is 2.78. The predicted octanol–water partition coefficient (Wildman–Crippen LogP) is 6.73. The number of rotatable bonds is 15. The first-order valence-corrected chi connectivity index (χ1v) is 26.7. The topological polar surface area (TPSA) is 251 Å². The van der Waals surface area contributed by atoms with Crippen LogP contribution in [0.5, 0.6) is 0 Å². The van der Waals surface area contributed by atoms with Gasteiger partial charge in [-0.3, -0.25) is 24.0 Å². The number of carbonyl (C=O) groups excluding carboxylic acids is 7. The molecule has 4 aliphatic rings. The number of nitrogens with one attached hydrogen (secondary N) is 1. The molecule has 12 atom stereocenters. The molecule has 20 heteroatoms. The molecule has 0 aromatic heterocycles. The third-order valence-corrected chi connectivity index (χ3v) is 18.0. The molecule has 3 fully saturated rings. The van der Waals surface area contributed by atoms with E-state index in [0.717, 1.165) is 25.6 Å². The number of hydrogen-bond acceptors (Lipinski definition) is 19. The fourth-order valence-corrected chi connectivity index (χ4v) is 13.2. The Labute approximate surface area is 448 Å². The monoisotopic (exact) mass is 1080 g/mol. The maximum absolute atomic E-state index is 15.8. The zero-order chi connectivity index (χ0) is 54.8. The Morgan fingerprint density at radius 1 is 0.920 bits per heavy atom. The van der Waals surface area contributed by atoms with Crippen LogP contribution >= 0.6 is 35.7 Å². The number of esters is 5. The minimum Gasteiger partial charge on any atom is -0.455 e. The van der Waals surface area contributed by atoms with Crippen LogP contribution in [0.2, 0.25) is 0 Å². The van der Waals surface area contributed by atoms with E-state index in [1.54, 1.807) is 106 Å². The highest BCUT2D eigenvalue weighted by atomic mass is 32.2. The maximum Gasteiger partial charge on any atom is 0.350 e. The molecule has 1 aliphatic heterocycles. The van der Waals surface area contributed by atoms with Gasteiger partial charge in [0.25, 0.3) is 5.91 Å². The zero-order valence-corrected chi connectivity index (χ0v) is 45.1. The molecule has 1 amide bonds. The first kappa shape index (κ1) is 56.8. The van der Waals surface area contributed by atoms with Crippen LogP contribution in [-0.2, 0) is 52.4 Å². The van der Waals surface area contributed by atoms with E-state index in [0.29, 0.717) is 9.09 Å². The molecule has 3 aromatic rings. The van der Waals surface area contributed by atoms with Crippen LogP contribution in [0.25, 0.3) is 0 Å². The first-order chi connectivity index (χ1) is 35.4. The number of thioether (sulfide) groups is 2. The van der Waals surface area contributed by atoms with Gasteiger partial charge in [-0.05, 0) is 74.4 Å². The molecule has 7 rings (SSSR count). The Morgan fingerprint density at radius 3 is 2.07 bits per heavy atom. The molecule has 3 N–H and O–H groups in total. The third kappa shape index (κ3) is 10.9. The van der Waals surface area contributed by atoms with Crippen LogP contribution in [-0.4, -0.2) is 121 Å². The van der Waals surface area contributed by atoms with Gasteiger partial charge >= 0.3 is 29.8 Å². The number of carbonyl (C=O) groups is 7. The van der Waals surface area contributed by atoms with E-state index >= 15 is 9.59 Å². The number of amides is 1. The SMILES string of the molecule is CSC(=S)SC(C)(C#N)CCC(=O)O[C@@H](C(=O)O[C@H]1C[C@@]2(O)[C@@H](OC(=O)c3ccccc3)[C@@H]3[C@]4(OC(C)=O)CO[C@@H]4C[C@H](O)[C@@]3(C)C(=O)[C@H](OC(C)=O)C(=C1C)C2(C)C)[C@@H](NC(=O)c1ccccc1)c1ccccc1. The van der Waals surface area contributed by atoms with E-state index in [9.17, 15) is 39.4 Å². The van der Waals surface area contributed by atoms with Crippen molar-refractivity contribution in [2.75, 3.05) is 12.9 Å². The average molecular weight is 1090 g/mol. The van der Waals surface area contributed by atoms with Crippen molar-refractivity contribution in [3.05, 3.63) is 119 Å². The molecule has 2 bridgehead atoms. The number of nitrogens with zero attached hydrogens (tertiary/aromatic N) is 1. The fraction of sp³-hybridized carbons (Fsp3) is 0.473. The van der Waals surface area contributed by atoms with E-state index in [1.165, 1.54) is 37.7 Å². The first-order valence-electron chi connectivity index (χ1n) is 24.3. The molecular weight excluding hydrogens is 1020 g/mol. The van der Waals surface area contributed by atoms with Gasteiger partial charge in [0.15, 0.2) is 17.5 Å². The number of ether oxygens (including phenoxy) is 6. The van der Waals surface area contributed by atoms with Crippen molar-refractivity contribution in [2.24, 2.45) is 16.7 Å². The summed E-state index contributed by atoms with van der Waals surface area (Å²) in [6, 6.07) is 24.8. The van der Waals surface area contributed by atoms with Gasteiger partial charge in [0.2, 0.25) is 6.10 Å². The number of aliphatic hydroxyl groups excluding tert-OH is 1. The van der Waals surface area contributed by atoms with Gasteiger partial charge in [-0.15, -0.1) is 11.8 Å². The lowest BCUT2D eigenvalue weighted by atomic mass is 9.44. The molecule has 2 saturated carbocycles. The van der Waals surface area contributed by atoms with Crippen molar-refractivity contribution in [3.8, 4) is 6.07 Å². The van der Waals surface area contributed by atoms with Gasteiger partial charge in [-0.2, -0.15) is 5.26 Å². The maximum atomic E-state index is 15.8. The summed E-state index contributed by atoms with van der Waals surface area (Å²) in [7, 11) is 0. The summed E-state index contributed by atoms with van der Waals surface area (Å²) < 4.78 is 36.3. The molecule has 3 aromatic carbocycles. The highest BCUT2D eigenvalue weighted by molar-refractivity contribution is 8.47. The Kier molecular flexibility index (Phi) is 16.9. The molecule has 1 unspecified atom stereocenters. The minimum absolute atomic E-state index is 0.0339. The number of aliphatic hydroxyl groups is 2. The lowest BCUT2D eigenvalue weighted by Crippen LogP contribution is -2.82. The van der Waals surface area contributed by atoms with Crippen molar-refractivity contribution < 1.29 is 72.2 Å². The van der Waals surface area contributed by atoms with E-state index in [1.807, 2.05) is 0 Å². The molecule has 1 saturated heterocycles. The van der Waals surface area contributed by atoms with Crippen LogP contribution in [0.3, 0.4) is 0 Å². The van der Waals surface area contributed by atoms with Crippen molar-refractivity contribution in [2.45, 2.75) is 133 Å². The minimum atomic E-state index is -2.49. The summed E-state index contributed by atoms with van der Waals surface area (Å²) >= 11 is 7.72. The van der Waals surface area contributed by atoms with Gasteiger partial charge in [0, 0.05) is 44.1 Å². The number of nitriles is 1. The molecule has 75 heavy (non-hydrogen) atoms.